The van der Waals surface area contributed by atoms with Crippen molar-refractivity contribution in [3.05, 3.63) is 34.4 Å². The van der Waals surface area contributed by atoms with Crippen LogP contribution in [0.2, 0.25) is 0 Å². The van der Waals surface area contributed by atoms with Gasteiger partial charge < -0.3 is 14.9 Å². The quantitative estimate of drug-likeness (QED) is 0.818. The summed E-state index contributed by atoms with van der Waals surface area (Å²) in [5, 5.41) is 22.5. The fourth-order valence-electron chi connectivity index (χ4n) is 5.20. The van der Waals surface area contributed by atoms with Gasteiger partial charge in [-0.3, -0.25) is 4.79 Å². The molecule has 0 saturated carbocycles. The van der Waals surface area contributed by atoms with Crippen molar-refractivity contribution < 1.29 is 19.7 Å². The van der Waals surface area contributed by atoms with Crippen molar-refractivity contribution in [2.24, 2.45) is 11.8 Å². The third kappa shape index (κ3) is 1.67. The molecule has 4 nitrogen and oxygen atoms in total. The molecule has 1 aromatic rings. The minimum atomic E-state index is -1.68. The number of carbonyl (C=O) groups excluding carboxylic acids is 1. The van der Waals surface area contributed by atoms with Crippen LogP contribution in [-0.2, 0) is 21.6 Å². The van der Waals surface area contributed by atoms with Crippen molar-refractivity contribution in [3.8, 4) is 0 Å². The van der Waals surface area contributed by atoms with Gasteiger partial charge in [-0.25, -0.2) is 0 Å². The molecule has 4 heteroatoms. The number of ether oxygens (including phenoxy) is 1. The number of carbonyl (C=O) groups is 1. The third-order valence-electron chi connectivity index (χ3n) is 6.49. The fourth-order valence-corrected chi connectivity index (χ4v) is 5.20. The van der Waals surface area contributed by atoms with Gasteiger partial charge in [0.05, 0.1) is 5.60 Å². The second-order valence-corrected chi connectivity index (χ2v) is 8.61. The predicted molar refractivity (Wildman–Crippen MR) is 89.6 cm³/mol. The molecule has 3 aliphatic rings. The lowest BCUT2D eigenvalue weighted by Gasteiger charge is -2.49. The third-order valence-corrected chi connectivity index (χ3v) is 6.49. The average Bonchev–Trinajstić information content (AvgIpc) is 3.22. The highest BCUT2D eigenvalue weighted by Gasteiger charge is 2.75. The van der Waals surface area contributed by atoms with Crippen LogP contribution >= 0.6 is 0 Å². The van der Waals surface area contributed by atoms with Crippen LogP contribution in [0, 0.1) is 18.8 Å². The van der Waals surface area contributed by atoms with E-state index < -0.39 is 22.7 Å². The van der Waals surface area contributed by atoms with Crippen LogP contribution in [0.15, 0.2) is 12.1 Å². The lowest BCUT2D eigenvalue weighted by atomic mass is 9.56. The Morgan fingerprint density at radius 3 is 2.58 bits per heavy atom. The molecule has 1 saturated heterocycles. The van der Waals surface area contributed by atoms with E-state index in [0.29, 0.717) is 12.0 Å². The van der Waals surface area contributed by atoms with Gasteiger partial charge in [0.25, 0.3) is 0 Å². The van der Waals surface area contributed by atoms with Crippen molar-refractivity contribution >= 4 is 5.78 Å². The first-order chi connectivity index (χ1) is 11.1. The molecule has 4 atom stereocenters. The Morgan fingerprint density at radius 2 is 2.00 bits per heavy atom. The molecule has 0 unspecified atom stereocenters. The first-order valence-electron chi connectivity index (χ1n) is 8.86. The standard InChI is InChI=1S/C20H26O4/c1-10(2)20-16(24-20)13-7-6-11(3)12-8-9-14(18(4,5)22)19(23,15(12)13)17(20)21/h6-7,10,14,16,22-23H,8-9H2,1-5H3/t14-,16-,19+,20-/m0/s1. The van der Waals surface area contributed by atoms with Crippen LogP contribution in [0.3, 0.4) is 0 Å². The van der Waals surface area contributed by atoms with Crippen LogP contribution in [0.5, 0.6) is 0 Å². The first kappa shape index (κ1) is 16.2. The second-order valence-electron chi connectivity index (χ2n) is 8.61. The van der Waals surface area contributed by atoms with Crippen molar-refractivity contribution in [1.29, 1.82) is 0 Å². The van der Waals surface area contributed by atoms with Gasteiger partial charge in [-0.1, -0.05) is 26.0 Å². The van der Waals surface area contributed by atoms with E-state index in [2.05, 4.69) is 6.07 Å². The van der Waals surface area contributed by atoms with Crippen LogP contribution in [0.25, 0.3) is 0 Å². The first-order valence-corrected chi connectivity index (χ1v) is 8.86. The summed E-state index contributed by atoms with van der Waals surface area (Å²) in [7, 11) is 0. The van der Waals surface area contributed by atoms with Crippen molar-refractivity contribution in [2.45, 2.75) is 70.4 Å². The topological polar surface area (TPSA) is 70.1 Å². The SMILES string of the molecule is Cc1ccc2c3c1CC[C@@H](C(C)(C)O)[C@]3(O)C(=O)[C@@]1(C(C)C)O[C@@H]21. The summed E-state index contributed by atoms with van der Waals surface area (Å²) in [6.45, 7) is 9.31. The van der Waals surface area contributed by atoms with Gasteiger partial charge in [0, 0.05) is 11.5 Å². The van der Waals surface area contributed by atoms with E-state index in [9.17, 15) is 15.0 Å². The summed E-state index contributed by atoms with van der Waals surface area (Å²) < 4.78 is 5.96. The van der Waals surface area contributed by atoms with Crippen LogP contribution < -0.4 is 0 Å². The number of aliphatic hydroxyl groups is 2. The molecule has 0 amide bonds. The minimum Gasteiger partial charge on any atom is -0.390 e. The zero-order chi connectivity index (χ0) is 17.7. The summed E-state index contributed by atoms with van der Waals surface area (Å²) in [5.74, 6) is -0.825. The molecule has 2 N–H and O–H groups in total. The highest BCUT2D eigenvalue weighted by Crippen LogP contribution is 2.66. The molecule has 1 fully saturated rings. The van der Waals surface area contributed by atoms with E-state index in [1.165, 1.54) is 0 Å². The van der Waals surface area contributed by atoms with E-state index in [-0.39, 0.29) is 17.8 Å². The highest BCUT2D eigenvalue weighted by atomic mass is 16.6. The highest BCUT2D eigenvalue weighted by molar-refractivity contribution is 6.02. The molecular formula is C20H26O4. The summed E-state index contributed by atoms with van der Waals surface area (Å²) in [5.41, 5.74) is 0.0105. The Hall–Kier alpha value is -1.23. The molecule has 1 aromatic carbocycles. The zero-order valence-corrected chi connectivity index (χ0v) is 15.0. The Bertz CT molecular complexity index is 745. The molecule has 0 aromatic heterocycles. The summed E-state index contributed by atoms with van der Waals surface area (Å²) in [6.07, 6.45) is 1.09. The Balaban J connectivity index is 2.04. The Kier molecular flexibility index (Phi) is 3.04. The number of hydrogen-bond donors (Lipinski definition) is 2. The largest absolute Gasteiger partial charge is 0.390 e. The zero-order valence-electron chi connectivity index (χ0n) is 15.0. The molecule has 0 radical (unpaired) electrons. The van der Waals surface area contributed by atoms with E-state index in [1.54, 1.807) is 13.8 Å². The number of fused-ring (bicyclic) bond motifs is 2. The molecule has 130 valence electrons. The molecular weight excluding hydrogens is 304 g/mol. The van der Waals surface area contributed by atoms with E-state index in [1.807, 2.05) is 26.8 Å². The lowest BCUT2D eigenvalue weighted by molar-refractivity contribution is -0.170. The van der Waals surface area contributed by atoms with Gasteiger partial charge in [0.1, 0.15) is 6.10 Å². The van der Waals surface area contributed by atoms with E-state index in [0.717, 1.165) is 23.1 Å². The minimum absolute atomic E-state index is 0.0266. The maximum atomic E-state index is 13.5. The molecule has 4 rings (SSSR count). The lowest BCUT2D eigenvalue weighted by Crippen LogP contribution is -2.61. The fraction of sp³-hybridized carbons (Fsp3) is 0.650. The Labute approximate surface area is 142 Å². The maximum absolute atomic E-state index is 13.5. The van der Waals surface area contributed by atoms with Crippen molar-refractivity contribution in [3.63, 3.8) is 0 Å². The van der Waals surface area contributed by atoms with Gasteiger partial charge >= 0.3 is 0 Å². The summed E-state index contributed by atoms with van der Waals surface area (Å²) in [4.78, 5) is 13.5. The number of epoxide rings is 1. The van der Waals surface area contributed by atoms with Crippen molar-refractivity contribution in [1.82, 2.24) is 0 Å². The molecule has 0 bridgehead atoms. The molecule has 0 spiro atoms. The molecule has 24 heavy (non-hydrogen) atoms. The molecule has 2 aliphatic carbocycles. The number of rotatable bonds is 2. The second kappa shape index (κ2) is 4.48. The number of Topliss-reactive ketones (excluding diaryl/α,β-unsaturated/α-hetero) is 1. The Morgan fingerprint density at radius 1 is 1.33 bits per heavy atom. The number of hydrogen-bond acceptors (Lipinski definition) is 4. The summed E-state index contributed by atoms with van der Waals surface area (Å²) >= 11 is 0. The number of benzene rings is 1. The van der Waals surface area contributed by atoms with Crippen LogP contribution in [0.4, 0.5) is 0 Å². The van der Waals surface area contributed by atoms with E-state index >= 15 is 0 Å². The summed E-state index contributed by atoms with van der Waals surface area (Å²) in [6, 6.07) is 4.05. The number of ketones is 1. The van der Waals surface area contributed by atoms with Gasteiger partial charge in [0.2, 0.25) is 5.78 Å². The molecule has 1 heterocycles. The molecule has 1 aliphatic heterocycles. The number of aryl methyl sites for hydroxylation is 1. The monoisotopic (exact) mass is 330 g/mol. The van der Waals surface area contributed by atoms with Crippen molar-refractivity contribution in [2.75, 3.05) is 0 Å². The average molecular weight is 330 g/mol. The van der Waals surface area contributed by atoms with Gasteiger partial charge in [-0.05, 0) is 56.2 Å². The van der Waals surface area contributed by atoms with Gasteiger partial charge in [-0.2, -0.15) is 0 Å². The van der Waals surface area contributed by atoms with E-state index in [4.69, 9.17) is 4.74 Å². The smallest absolute Gasteiger partial charge is 0.204 e. The predicted octanol–water partition coefficient (Wildman–Crippen LogP) is 2.56. The van der Waals surface area contributed by atoms with Gasteiger partial charge in [-0.15, -0.1) is 0 Å². The van der Waals surface area contributed by atoms with Gasteiger partial charge in [0.15, 0.2) is 11.2 Å². The van der Waals surface area contributed by atoms with Crippen LogP contribution in [0.1, 0.15) is 62.5 Å². The normalized spacial score (nSPS) is 37.2. The van der Waals surface area contributed by atoms with Crippen LogP contribution in [-0.4, -0.2) is 27.2 Å². The maximum Gasteiger partial charge on any atom is 0.204 e.